The smallest absolute Gasteiger partial charge is 0.136 e. The van der Waals surface area contributed by atoms with Gasteiger partial charge in [0.25, 0.3) is 0 Å². The fourth-order valence-electron chi connectivity index (χ4n) is 7.01. The van der Waals surface area contributed by atoms with Crippen LogP contribution in [0.2, 0.25) is 0 Å². The molecule has 200 valence electrons. The van der Waals surface area contributed by atoms with Gasteiger partial charge >= 0.3 is 0 Å². The predicted molar refractivity (Wildman–Crippen MR) is 182 cm³/mol. The summed E-state index contributed by atoms with van der Waals surface area (Å²) >= 11 is 1.88. The zero-order valence-electron chi connectivity index (χ0n) is 22.9. The van der Waals surface area contributed by atoms with Crippen LogP contribution in [0.4, 0.5) is 0 Å². The lowest BCUT2D eigenvalue weighted by Crippen LogP contribution is -1.90. The number of rotatable bonds is 2. The molecular formula is C40H22O2S. The standard InChI is InChI=1S/C40H22O2S/c1-3-14-28-26(12-1)38(31-17-9-16-30-25-11-6-8-19-37(25)43-40(30)31)27-13-2-4-15-29(27)39(28)36-21-23-20-35-32(22-34(23)42-36)24-10-5-7-18-33(24)41-35/h1-22H. The molecule has 3 heterocycles. The van der Waals surface area contributed by atoms with Crippen LogP contribution in [0.1, 0.15) is 0 Å². The quantitative estimate of drug-likeness (QED) is 0.195. The highest BCUT2D eigenvalue weighted by Crippen LogP contribution is 2.48. The van der Waals surface area contributed by atoms with E-state index in [0.717, 1.165) is 44.2 Å². The summed E-state index contributed by atoms with van der Waals surface area (Å²) < 4.78 is 15.5. The van der Waals surface area contributed by atoms with E-state index in [2.05, 4.69) is 115 Å². The summed E-state index contributed by atoms with van der Waals surface area (Å²) in [7, 11) is 0. The molecule has 3 aromatic heterocycles. The van der Waals surface area contributed by atoms with Gasteiger partial charge in [0.1, 0.15) is 22.5 Å². The lowest BCUT2D eigenvalue weighted by Gasteiger charge is -2.16. The molecule has 0 aliphatic rings. The summed E-state index contributed by atoms with van der Waals surface area (Å²) in [6.07, 6.45) is 0. The average molecular weight is 567 g/mol. The molecule has 0 unspecified atom stereocenters. The number of fused-ring (bicyclic) bond motifs is 9. The van der Waals surface area contributed by atoms with Crippen LogP contribution in [0.3, 0.4) is 0 Å². The van der Waals surface area contributed by atoms with Crippen LogP contribution < -0.4 is 0 Å². The molecule has 0 radical (unpaired) electrons. The molecule has 10 aromatic rings. The van der Waals surface area contributed by atoms with Crippen molar-refractivity contribution in [3.05, 3.63) is 133 Å². The van der Waals surface area contributed by atoms with Crippen molar-refractivity contribution in [3.8, 4) is 22.5 Å². The maximum Gasteiger partial charge on any atom is 0.136 e. The van der Waals surface area contributed by atoms with Crippen molar-refractivity contribution in [2.75, 3.05) is 0 Å². The third kappa shape index (κ3) is 3.23. The van der Waals surface area contributed by atoms with Gasteiger partial charge in [0.2, 0.25) is 0 Å². The average Bonchev–Trinajstić information content (AvgIpc) is 3.75. The highest BCUT2D eigenvalue weighted by Gasteiger charge is 2.21. The van der Waals surface area contributed by atoms with Gasteiger partial charge in [-0.2, -0.15) is 0 Å². The summed E-state index contributed by atoms with van der Waals surface area (Å²) in [6, 6.07) is 47.6. The Balaban J connectivity index is 1.29. The molecule has 10 rings (SSSR count). The number of hydrogen-bond acceptors (Lipinski definition) is 3. The normalized spacial score (nSPS) is 12.2. The largest absolute Gasteiger partial charge is 0.456 e. The zero-order chi connectivity index (χ0) is 28.1. The SMILES string of the molecule is c1ccc2c(c1)oc1cc3cc(-c4c5ccccc5c(-c5cccc6c5sc5ccccc56)c5ccccc45)oc3cc12. The zero-order valence-corrected chi connectivity index (χ0v) is 23.7. The van der Waals surface area contributed by atoms with Crippen molar-refractivity contribution in [1.29, 1.82) is 0 Å². The fourth-order valence-corrected chi connectivity index (χ4v) is 8.23. The van der Waals surface area contributed by atoms with E-state index in [9.17, 15) is 0 Å². The molecule has 43 heavy (non-hydrogen) atoms. The predicted octanol–water partition coefficient (Wildman–Crippen LogP) is 12.3. The van der Waals surface area contributed by atoms with Gasteiger partial charge in [-0.25, -0.2) is 0 Å². The van der Waals surface area contributed by atoms with Crippen molar-refractivity contribution in [2.45, 2.75) is 0 Å². The Kier molecular flexibility index (Phi) is 4.63. The topological polar surface area (TPSA) is 26.3 Å². The summed E-state index contributed by atoms with van der Waals surface area (Å²) in [4.78, 5) is 0. The number of benzene rings is 7. The van der Waals surface area contributed by atoms with Crippen LogP contribution >= 0.6 is 11.3 Å². The van der Waals surface area contributed by atoms with Gasteiger partial charge in [-0.15, -0.1) is 11.3 Å². The number of para-hydroxylation sites is 1. The molecule has 0 spiro atoms. The molecular weight excluding hydrogens is 545 g/mol. The number of thiophene rings is 1. The van der Waals surface area contributed by atoms with Crippen LogP contribution in [0.25, 0.3) is 97.1 Å². The second kappa shape index (κ2) is 8.57. The monoisotopic (exact) mass is 566 g/mol. The fraction of sp³-hybridized carbons (Fsp3) is 0. The van der Waals surface area contributed by atoms with Gasteiger partial charge in [0, 0.05) is 47.5 Å². The Bertz CT molecular complexity index is 2680. The maximum absolute atomic E-state index is 6.71. The van der Waals surface area contributed by atoms with Crippen molar-refractivity contribution in [1.82, 2.24) is 0 Å². The molecule has 0 atom stereocenters. The third-order valence-electron chi connectivity index (χ3n) is 8.87. The molecule has 7 aromatic carbocycles. The van der Waals surface area contributed by atoms with Gasteiger partial charge in [0.15, 0.2) is 0 Å². The van der Waals surface area contributed by atoms with Crippen LogP contribution in [0.5, 0.6) is 0 Å². The van der Waals surface area contributed by atoms with Gasteiger partial charge in [0.05, 0.1) is 0 Å². The van der Waals surface area contributed by atoms with Crippen molar-refractivity contribution >= 4 is 86.0 Å². The first kappa shape index (κ1) is 23.2. The Labute approximate surface area is 250 Å². The van der Waals surface area contributed by atoms with Crippen LogP contribution in [-0.4, -0.2) is 0 Å². The van der Waals surface area contributed by atoms with Crippen molar-refractivity contribution in [3.63, 3.8) is 0 Å². The first-order chi connectivity index (χ1) is 21.3. The van der Waals surface area contributed by atoms with Crippen LogP contribution in [-0.2, 0) is 0 Å². The lowest BCUT2D eigenvalue weighted by molar-refractivity contribution is 0.633. The Morgan fingerprint density at radius 3 is 1.79 bits per heavy atom. The molecule has 0 bridgehead atoms. The molecule has 0 aliphatic carbocycles. The summed E-state index contributed by atoms with van der Waals surface area (Å²) in [6.45, 7) is 0. The molecule has 0 saturated carbocycles. The van der Waals surface area contributed by atoms with E-state index in [0.29, 0.717) is 0 Å². The van der Waals surface area contributed by atoms with E-state index in [4.69, 9.17) is 8.83 Å². The van der Waals surface area contributed by atoms with E-state index in [1.165, 1.54) is 52.8 Å². The van der Waals surface area contributed by atoms with Gasteiger partial charge in [-0.1, -0.05) is 103 Å². The Morgan fingerprint density at radius 2 is 1.02 bits per heavy atom. The first-order valence-electron chi connectivity index (χ1n) is 14.5. The maximum atomic E-state index is 6.71. The van der Waals surface area contributed by atoms with Gasteiger partial charge < -0.3 is 8.83 Å². The minimum Gasteiger partial charge on any atom is -0.456 e. The summed E-state index contributed by atoms with van der Waals surface area (Å²) in [5.74, 6) is 0.867. The van der Waals surface area contributed by atoms with E-state index in [1.807, 2.05) is 29.5 Å². The second-order valence-corrected chi connectivity index (χ2v) is 12.3. The highest BCUT2D eigenvalue weighted by atomic mass is 32.1. The highest BCUT2D eigenvalue weighted by molar-refractivity contribution is 7.26. The molecule has 0 saturated heterocycles. The Morgan fingerprint density at radius 1 is 0.395 bits per heavy atom. The summed E-state index contributed by atoms with van der Waals surface area (Å²) in [5, 5.41) is 10.7. The number of hydrogen-bond donors (Lipinski definition) is 0. The van der Waals surface area contributed by atoms with E-state index in [-0.39, 0.29) is 0 Å². The molecule has 3 heteroatoms. The van der Waals surface area contributed by atoms with E-state index in [1.54, 1.807) is 0 Å². The molecule has 2 nitrogen and oxygen atoms in total. The van der Waals surface area contributed by atoms with Crippen molar-refractivity contribution in [2.24, 2.45) is 0 Å². The first-order valence-corrected chi connectivity index (χ1v) is 15.3. The molecule has 0 fully saturated rings. The number of furan rings is 2. The van der Waals surface area contributed by atoms with E-state index >= 15 is 0 Å². The van der Waals surface area contributed by atoms with Crippen LogP contribution in [0, 0.1) is 0 Å². The third-order valence-corrected chi connectivity index (χ3v) is 10.1. The second-order valence-electron chi connectivity index (χ2n) is 11.2. The van der Waals surface area contributed by atoms with Gasteiger partial charge in [-0.05, 0) is 57.4 Å². The summed E-state index contributed by atoms with van der Waals surface area (Å²) in [5.41, 5.74) is 6.30. The van der Waals surface area contributed by atoms with Crippen molar-refractivity contribution < 1.29 is 8.83 Å². The molecule has 0 aliphatic heterocycles. The Hall–Kier alpha value is -5.38. The minimum absolute atomic E-state index is 0.862. The lowest BCUT2D eigenvalue weighted by atomic mass is 9.87. The minimum atomic E-state index is 0.862. The molecule has 0 amide bonds. The molecule has 0 N–H and O–H groups in total. The van der Waals surface area contributed by atoms with Gasteiger partial charge in [-0.3, -0.25) is 0 Å². The van der Waals surface area contributed by atoms with E-state index < -0.39 is 0 Å². The van der Waals surface area contributed by atoms with Crippen LogP contribution in [0.15, 0.2) is 142 Å².